The van der Waals surface area contributed by atoms with Crippen molar-refractivity contribution in [1.29, 1.82) is 0 Å². The Kier molecular flexibility index (Phi) is 5.24. The van der Waals surface area contributed by atoms with Crippen molar-refractivity contribution < 1.29 is 10.0 Å². The number of hydrogen-bond donors (Lipinski definition) is 2. The average Bonchev–Trinajstić information content (AvgIpc) is 2.55. The van der Waals surface area contributed by atoms with Gasteiger partial charge in [0.1, 0.15) is 9.69 Å². The molecule has 0 saturated carbocycles. The van der Waals surface area contributed by atoms with Gasteiger partial charge in [0.05, 0.1) is 5.54 Å². The second-order valence-corrected chi connectivity index (χ2v) is 6.51. The third-order valence-corrected chi connectivity index (χ3v) is 5.04. The van der Waals surface area contributed by atoms with Crippen LogP contribution in [0.15, 0.2) is 0 Å². The lowest BCUT2D eigenvalue weighted by Crippen LogP contribution is -2.54. The first-order valence-electron chi connectivity index (χ1n) is 6.04. The summed E-state index contributed by atoms with van der Waals surface area (Å²) < 4.78 is 0.737. The predicted molar refractivity (Wildman–Crippen MR) is 77.8 cm³/mol. The summed E-state index contributed by atoms with van der Waals surface area (Å²) in [5.41, 5.74) is -0.377. The van der Waals surface area contributed by atoms with E-state index in [2.05, 4.69) is 17.1 Å². The Morgan fingerprint density at radius 1 is 1.67 bits per heavy atom. The molecule has 104 valence electrons. The largest absolute Gasteiger partial charge is 0.349 e. The fraction of sp³-hybridized carbons (Fsp3) is 0.818. The maximum absolute atomic E-state index is 11.5. The highest BCUT2D eigenvalue weighted by atomic mass is 32.2. The molecule has 1 atom stereocenters. The van der Waals surface area contributed by atoms with Crippen LogP contribution in [-0.2, 0) is 0 Å². The second-order valence-electron chi connectivity index (χ2n) is 4.79. The first-order chi connectivity index (χ1) is 8.36. The van der Waals surface area contributed by atoms with Gasteiger partial charge < -0.3 is 10.2 Å². The predicted octanol–water partition coefficient (Wildman–Crippen LogP) is 2.26. The van der Waals surface area contributed by atoms with Gasteiger partial charge in [-0.15, -0.1) is 0 Å². The van der Waals surface area contributed by atoms with Crippen LogP contribution in [0.3, 0.4) is 0 Å². The van der Waals surface area contributed by atoms with Gasteiger partial charge in [0.15, 0.2) is 0 Å². The van der Waals surface area contributed by atoms with Gasteiger partial charge in [-0.3, -0.25) is 5.21 Å². The standard InChI is InChI=1S/C11H21N3O2S2/c1-5-6-7-13-10(17)18-8(11(13,2)3)14(16)9(15)12-4/h8,16H,5-7H2,1-4H3,(H,12,15)/t8-/m0/s1. The molecule has 0 unspecified atom stereocenters. The van der Waals surface area contributed by atoms with E-state index in [9.17, 15) is 10.0 Å². The Hall–Kier alpha value is -0.530. The van der Waals surface area contributed by atoms with E-state index >= 15 is 0 Å². The minimum Gasteiger partial charge on any atom is -0.349 e. The highest BCUT2D eigenvalue weighted by Gasteiger charge is 2.48. The molecule has 0 spiro atoms. The third kappa shape index (κ3) is 2.89. The molecule has 18 heavy (non-hydrogen) atoms. The maximum atomic E-state index is 11.5. The lowest BCUT2D eigenvalue weighted by atomic mass is 10.0. The van der Waals surface area contributed by atoms with Crippen LogP contribution in [0.4, 0.5) is 4.79 Å². The van der Waals surface area contributed by atoms with Crippen molar-refractivity contribution in [3.8, 4) is 0 Å². The van der Waals surface area contributed by atoms with E-state index in [1.165, 1.54) is 18.8 Å². The summed E-state index contributed by atoms with van der Waals surface area (Å²) in [4.78, 5) is 13.6. The molecule has 0 aromatic rings. The van der Waals surface area contributed by atoms with Crippen LogP contribution in [0.5, 0.6) is 0 Å². The number of nitrogens with zero attached hydrogens (tertiary/aromatic N) is 2. The van der Waals surface area contributed by atoms with Gasteiger partial charge in [0.25, 0.3) is 0 Å². The Balaban J connectivity index is 2.84. The molecular formula is C11H21N3O2S2. The molecule has 2 N–H and O–H groups in total. The van der Waals surface area contributed by atoms with E-state index < -0.39 is 6.03 Å². The van der Waals surface area contributed by atoms with Crippen LogP contribution < -0.4 is 5.32 Å². The summed E-state index contributed by atoms with van der Waals surface area (Å²) in [5, 5.41) is 12.7. The molecule has 0 radical (unpaired) electrons. The van der Waals surface area contributed by atoms with Crippen molar-refractivity contribution in [3.05, 3.63) is 0 Å². The van der Waals surface area contributed by atoms with Crippen LogP contribution in [0.2, 0.25) is 0 Å². The number of nitrogens with one attached hydrogen (secondary N) is 1. The topological polar surface area (TPSA) is 55.8 Å². The van der Waals surface area contributed by atoms with Gasteiger partial charge in [-0.1, -0.05) is 37.3 Å². The number of carbonyl (C=O) groups is 1. The molecule has 1 heterocycles. The van der Waals surface area contributed by atoms with Gasteiger partial charge in [-0.05, 0) is 20.3 Å². The quantitative estimate of drug-likeness (QED) is 0.473. The monoisotopic (exact) mass is 291 g/mol. The van der Waals surface area contributed by atoms with Crippen molar-refractivity contribution in [3.63, 3.8) is 0 Å². The first-order valence-corrected chi connectivity index (χ1v) is 7.33. The zero-order valence-corrected chi connectivity index (χ0v) is 12.9. The van der Waals surface area contributed by atoms with Crippen molar-refractivity contribution in [1.82, 2.24) is 15.3 Å². The molecule has 2 amide bonds. The molecule has 5 nitrogen and oxygen atoms in total. The van der Waals surface area contributed by atoms with Gasteiger partial charge in [-0.25, -0.2) is 4.79 Å². The van der Waals surface area contributed by atoms with Gasteiger partial charge in [-0.2, -0.15) is 5.06 Å². The van der Waals surface area contributed by atoms with Crippen LogP contribution >= 0.6 is 24.0 Å². The molecule has 1 aliphatic heterocycles. The Morgan fingerprint density at radius 3 is 2.78 bits per heavy atom. The first kappa shape index (κ1) is 15.5. The van der Waals surface area contributed by atoms with E-state index in [0.717, 1.165) is 28.8 Å². The van der Waals surface area contributed by atoms with E-state index in [0.29, 0.717) is 0 Å². The lowest BCUT2D eigenvalue weighted by molar-refractivity contribution is -0.0778. The Labute approximate surface area is 118 Å². The normalized spacial score (nSPS) is 22.2. The number of unbranched alkanes of at least 4 members (excludes halogenated alkanes) is 1. The molecular weight excluding hydrogens is 270 g/mol. The number of thiocarbonyl (C=S) groups is 1. The molecule has 1 fully saturated rings. The molecule has 1 saturated heterocycles. The van der Waals surface area contributed by atoms with E-state index in [1.54, 1.807) is 0 Å². The fourth-order valence-corrected chi connectivity index (χ4v) is 3.79. The summed E-state index contributed by atoms with van der Waals surface area (Å²) in [6.45, 7) is 6.96. The highest BCUT2D eigenvalue weighted by molar-refractivity contribution is 8.23. The van der Waals surface area contributed by atoms with E-state index in [1.807, 2.05) is 13.8 Å². The number of amides is 2. The third-order valence-electron chi connectivity index (χ3n) is 3.11. The zero-order valence-electron chi connectivity index (χ0n) is 11.3. The number of hydroxylamine groups is 2. The van der Waals surface area contributed by atoms with Crippen LogP contribution in [-0.4, -0.2) is 50.0 Å². The second kappa shape index (κ2) is 6.08. The fourth-order valence-electron chi connectivity index (χ4n) is 1.94. The number of rotatable bonds is 4. The van der Waals surface area contributed by atoms with Crippen molar-refractivity contribution in [2.75, 3.05) is 13.6 Å². The average molecular weight is 291 g/mol. The SMILES string of the molecule is CCCCN1C(=S)S[C@H](N(O)C(=O)NC)C1(C)C. The van der Waals surface area contributed by atoms with E-state index in [4.69, 9.17) is 12.2 Å². The summed E-state index contributed by atoms with van der Waals surface area (Å²) in [6.07, 6.45) is 2.13. The summed E-state index contributed by atoms with van der Waals surface area (Å²) in [7, 11) is 1.49. The number of carbonyl (C=O) groups excluding carboxylic acids is 1. The van der Waals surface area contributed by atoms with Gasteiger partial charge >= 0.3 is 6.03 Å². The van der Waals surface area contributed by atoms with Gasteiger partial charge in [0, 0.05) is 13.6 Å². The minimum absolute atomic E-state index is 0.377. The van der Waals surface area contributed by atoms with Gasteiger partial charge in [0.2, 0.25) is 0 Å². The Morgan fingerprint density at radius 2 is 2.28 bits per heavy atom. The highest BCUT2D eigenvalue weighted by Crippen LogP contribution is 2.41. The summed E-state index contributed by atoms with van der Waals surface area (Å²) >= 11 is 6.70. The lowest BCUT2D eigenvalue weighted by Gasteiger charge is -2.37. The van der Waals surface area contributed by atoms with Crippen molar-refractivity contribution in [2.45, 2.75) is 44.5 Å². The molecule has 1 aliphatic rings. The molecule has 0 aromatic carbocycles. The maximum Gasteiger partial charge on any atom is 0.342 e. The van der Waals surface area contributed by atoms with Crippen LogP contribution in [0, 0.1) is 0 Å². The Bertz CT molecular complexity index is 336. The molecule has 1 rings (SSSR count). The summed E-state index contributed by atoms with van der Waals surface area (Å²) in [5.74, 6) is 0. The molecule has 0 aliphatic carbocycles. The minimum atomic E-state index is -0.513. The smallest absolute Gasteiger partial charge is 0.342 e. The van der Waals surface area contributed by atoms with Crippen molar-refractivity contribution >= 4 is 34.3 Å². The van der Waals surface area contributed by atoms with E-state index in [-0.39, 0.29) is 10.9 Å². The number of urea groups is 1. The summed E-state index contributed by atoms with van der Waals surface area (Å²) in [6, 6.07) is -0.513. The molecule has 0 bridgehead atoms. The molecule has 0 aromatic heterocycles. The number of thioether (sulfide) groups is 1. The zero-order chi connectivity index (χ0) is 13.9. The number of hydrogen-bond acceptors (Lipinski definition) is 4. The van der Waals surface area contributed by atoms with Crippen LogP contribution in [0.1, 0.15) is 33.6 Å². The molecule has 7 heteroatoms. The van der Waals surface area contributed by atoms with Crippen molar-refractivity contribution in [2.24, 2.45) is 0 Å². The van der Waals surface area contributed by atoms with Crippen LogP contribution in [0.25, 0.3) is 0 Å².